The summed E-state index contributed by atoms with van der Waals surface area (Å²) in [6, 6.07) is 0. The number of hydrogen-bond acceptors (Lipinski definition) is 3. The van der Waals surface area contributed by atoms with E-state index in [0.717, 1.165) is 43.4 Å². The Bertz CT molecular complexity index is 319. The summed E-state index contributed by atoms with van der Waals surface area (Å²) in [5.74, 6) is 2.37. The molecule has 1 aliphatic rings. The number of likely N-dealkylation sites (N-methyl/N-ethyl adjacent to an activating group) is 1. The highest BCUT2D eigenvalue weighted by Gasteiger charge is 2.25. The van der Waals surface area contributed by atoms with Gasteiger partial charge < -0.3 is 9.32 Å². The minimum atomic E-state index is 0.444. The Morgan fingerprint density at radius 2 is 2.29 bits per heavy atom. The van der Waals surface area contributed by atoms with Gasteiger partial charge in [-0.1, -0.05) is 13.8 Å². The van der Waals surface area contributed by atoms with E-state index in [1.54, 1.807) is 0 Å². The normalized spacial score (nSPS) is 17.2. The predicted molar refractivity (Wildman–Crippen MR) is 56.8 cm³/mol. The average Bonchev–Trinajstić information content (AvgIpc) is 2.74. The van der Waals surface area contributed by atoms with E-state index < -0.39 is 0 Å². The summed E-state index contributed by atoms with van der Waals surface area (Å²) in [5.41, 5.74) is 1.15. The van der Waals surface area contributed by atoms with Crippen molar-refractivity contribution in [3.63, 3.8) is 0 Å². The fourth-order valence-corrected chi connectivity index (χ4v) is 1.80. The average molecular weight is 194 g/mol. The molecule has 2 heterocycles. The molecule has 0 saturated carbocycles. The van der Waals surface area contributed by atoms with Crippen LogP contribution in [0.4, 0.5) is 5.88 Å². The monoisotopic (exact) mass is 194 g/mol. The van der Waals surface area contributed by atoms with Gasteiger partial charge in [-0.15, -0.1) is 0 Å². The van der Waals surface area contributed by atoms with Gasteiger partial charge in [0, 0.05) is 25.4 Å². The lowest BCUT2D eigenvalue weighted by Gasteiger charge is -2.13. The zero-order valence-corrected chi connectivity index (χ0v) is 9.21. The van der Waals surface area contributed by atoms with Crippen molar-refractivity contribution >= 4 is 5.88 Å². The third-order valence-electron chi connectivity index (χ3n) is 3.01. The Kier molecular flexibility index (Phi) is 2.48. The molecule has 0 spiro atoms. The Balaban J connectivity index is 2.25. The van der Waals surface area contributed by atoms with Gasteiger partial charge in [0.05, 0.1) is 0 Å². The van der Waals surface area contributed by atoms with E-state index in [9.17, 15) is 0 Å². The number of nitrogens with zero attached hydrogens (tertiary/aromatic N) is 2. The van der Waals surface area contributed by atoms with E-state index in [0.29, 0.717) is 5.92 Å². The summed E-state index contributed by atoms with van der Waals surface area (Å²) in [7, 11) is 0. The smallest absolute Gasteiger partial charge is 0.219 e. The molecule has 0 aromatic carbocycles. The van der Waals surface area contributed by atoms with Crippen molar-refractivity contribution in [1.29, 1.82) is 0 Å². The molecule has 0 aliphatic carbocycles. The molecule has 0 bridgehead atoms. The van der Waals surface area contributed by atoms with Crippen LogP contribution in [0.5, 0.6) is 0 Å². The van der Waals surface area contributed by atoms with Crippen LogP contribution in [0.25, 0.3) is 0 Å². The lowest BCUT2D eigenvalue weighted by atomic mass is 10.1. The van der Waals surface area contributed by atoms with Crippen LogP contribution < -0.4 is 4.90 Å². The molecule has 0 saturated heterocycles. The predicted octanol–water partition coefficient (Wildman–Crippen LogP) is 2.57. The van der Waals surface area contributed by atoms with E-state index in [2.05, 4.69) is 30.7 Å². The number of aromatic nitrogens is 1. The van der Waals surface area contributed by atoms with Gasteiger partial charge in [-0.05, 0) is 13.3 Å². The molecule has 0 amide bonds. The van der Waals surface area contributed by atoms with Crippen LogP contribution in [0.2, 0.25) is 0 Å². The minimum Gasteiger partial charge on any atom is -0.425 e. The molecule has 14 heavy (non-hydrogen) atoms. The zero-order chi connectivity index (χ0) is 10.1. The van der Waals surface area contributed by atoms with Gasteiger partial charge in [0.1, 0.15) is 5.69 Å². The SMILES string of the molecule is CCC(C)c1nc2c(o1)N(CC)CC2. The first kappa shape index (κ1) is 9.56. The summed E-state index contributed by atoms with van der Waals surface area (Å²) < 4.78 is 5.80. The van der Waals surface area contributed by atoms with Gasteiger partial charge in [-0.25, -0.2) is 4.98 Å². The molecule has 0 radical (unpaired) electrons. The maximum absolute atomic E-state index is 5.80. The first-order valence-corrected chi connectivity index (χ1v) is 5.50. The van der Waals surface area contributed by atoms with Crippen molar-refractivity contribution in [3.05, 3.63) is 11.6 Å². The molecule has 1 aromatic heterocycles. The van der Waals surface area contributed by atoms with Crippen LogP contribution >= 0.6 is 0 Å². The Hall–Kier alpha value is -0.990. The second-order valence-corrected chi connectivity index (χ2v) is 3.94. The largest absolute Gasteiger partial charge is 0.425 e. The highest BCUT2D eigenvalue weighted by molar-refractivity contribution is 5.46. The van der Waals surface area contributed by atoms with E-state index in [1.807, 2.05) is 0 Å². The Morgan fingerprint density at radius 1 is 1.50 bits per heavy atom. The molecule has 3 heteroatoms. The van der Waals surface area contributed by atoms with E-state index in [-0.39, 0.29) is 0 Å². The lowest BCUT2D eigenvalue weighted by Crippen LogP contribution is -2.19. The first-order chi connectivity index (χ1) is 6.76. The van der Waals surface area contributed by atoms with Crippen LogP contribution in [-0.4, -0.2) is 18.1 Å². The molecule has 0 fully saturated rings. The van der Waals surface area contributed by atoms with E-state index in [4.69, 9.17) is 4.42 Å². The molecule has 1 aliphatic heterocycles. The zero-order valence-electron chi connectivity index (χ0n) is 9.21. The second-order valence-electron chi connectivity index (χ2n) is 3.94. The maximum Gasteiger partial charge on any atom is 0.219 e. The van der Waals surface area contributed by atoms with Crippen molar-refractivity contribution in [2.24, 2.45) is 0 Å². The molecule has 1 atom stereocenters. The van der Waals surface area contributed by atoms with E-state index >= 15 is 0 Å². The van der Waals surface area contributed by atoms with Crippen molar-refractivity contribution in [2.75, 3.05) is 18.0 Å². The Labute approximate surface area is 85.1 Å². The summed E-state index contributed by atoms with van der Waals surface area (Å²) in [6.07, 6.45) is 2.13. The second kappa shape index (κ2) is 3.64. The molecule has 0 N–H and O–H groups in total. The minimum absolute atomic E-state index is 0.444. The summed E-state index contributed by atoms with van der Waals surface area (Å²) in [6.45, 7) is 8.57. The van der Waals surface area contributed by atoms with Gasteiger partial charge >= 0.3 is 0 Å². The van der Waals surface area contributed by atoms with Crippen LogP contribution in [-0.2, 0) is 6.42 Å². The van der Waals surface area contributed by atoms with E-state index in [1.165, 1.54) is 0 Å². The molecular formula is C11H18N2O. The van der Waals surface area contributed by atoms with Gasteiger partial charge in [0.2, 0.25) is 5.88 Å². The first-order valence-electron chi connectivity index (χ1n) is 5.50. The molecular weight excluding hydrogens is 176 g/mol. The third-order valence-corrected chi connectivity index (χ3v) is 3.01. The van der Waals surface area contributed by atoms with Gasteiger partial charge in [-0.3, -0.25) is 0 Å². The van der Waals surface area contributed by atoms with Gasteiger partial charge in [-0.2, -0.15) is 0 Å². The van der Waals surface area contributed by atoms with Crippen molar-refractivity contribution in [2.45, 2.75) is 39.5 Å². The molecule has 3 nitrogen and oxygen atoms in total. The number of fused-ring (bicyclic) bond motifs is 1. The Morgan fingerprint density at radius 3 is 2.93 bits per heavy atom. The number of rotatable bonds is 3. The maximum atomic E-state index is 5.80. The van der Waals surface area contributed by atoms with Gasteiger partial charge in [0.25, 0.3) is 0 Å². The number of oxazole rings is 1. The molecule has 1 unspecified atom stereocenters. The van der Waals surface area contributed by atoms with Crippen LogP contribution in [0.15, 0.2) is 4.42 Å². The number of hydrogen-bond donors (Lipinski definition) is 0. The topological polar surface area (TPSA) is 29.3 Å². The molecule has 2 rings (SSSR count). The lowest BCUT2D eigenvalue weighted by molar-refractivity contribution is 0.450. The fraction of sp³-hybridized carbons (Fsp3) is 0.727. The van der Waals surface area contributed by atoms with Crippen LogP contribution in [0, 0.1) is 0 Å². The van der Waals surface area contributed by atoms with Crippen LogP contribution in [0.3, 0.4) is 0 Å². The standard InChI is InChI=1S/C11H18N2O/c1-4-8(3)10-12-9-6-7-13(5-2)11(9)14-10/h8H,4-7H2,1-3H3. The fourth-order valence-electron chi connectivity index (χ4n) is 1.80. The van der Waals surface area contributed by atoms with Crippen molar-refractivity contribution in [3.8, 4) is 0 Å². The third kappa shape index (κ3) is 1.41. The highest BCUT2D eigenvalue weighted by Crippen LogP contribution is 2.31. The highest BCUT2D eigenvalue weighted by atomic mass is 16.4. The summed E-state index contributed by atoms with van der Waals surface area (Å²) >= 11 is 0. The number of anilines is 1. The van der Waals surface area contributed by atoms with Gasteiger partial charge in [0.15, 0.2) is 5.89 Å². The van der Waals surface area contributed by atoms with Crippen LogP contribution in [0.1, 0.15) is 44.7 Å². The van der Waals surface area contributed by atoms with Crippen molar-refractivity contribution < 1.29 is 4.42 Å². The summed E-state index contributed by atoms with van der Waals surface area (Å²) in [4.78, 5) is 6.81. The summed E-state index contributed by atoms with van der Waals surface area (Å²) in [5, 5.41) is 0. The molecule has 1 aromatic rings. The molecule has 78 valence electrons. The quantitative estimate of drug-likeness (QED) is 0.740. The van der Waals surface area contributed by atoms with Crippen molar-refractivity contribution in [1.82, 2.24) is 4.98 Å².